The Labute approximate surface area is 103 Å². The van der Waals surface area contributed by atoms with Gasteiger partial charge >= 0.3 is 0 Å². The van der Waals surface area contributed by atoms with Gasteiger partial charge in [0.1, 0.15) is 0 Å². The van der Waals surface area contributed by atoms with Crippen LogP contribution >= 0.6 is 0 Å². The second-order valence-electron chi connectivity index (χ2n) is 4.64. The highest BCUT2D eigenvalue weighted by molar-refractivity contribution is 5.13. The third-order valence-electron chi connectivity index (χ3n) is 3.61. The maximum absolute atomic E-state index is 5.76. The molecule has 1 aliphatic rings. The molecule has 1 atom stereocenters. The fourth-order valence-corrected chi connectivity index (χ4v) is 2.44. The SMILES string of the molecule is CCCNC(c1cnccn1)C1(OC)CCC1. The van der Waals surface area contributed by atoms with Gasteiger partial charge in [-0.25, -0.2) is 0 Å². The van der Waals surface area contributed by atoms with Gasteiger partial charge < -0.3 is 10.1 Å². The number of nitrogens with zero attached hydrogens (tertiary/aromatic N) is 2. The zero-order valence-electron chi connectivity index (χ0n) is 10.6. The van der Waals surface area contributed by atoms with Crippen molar-refractivity contribution in [3.8, 4) is 0 Å². The molecule has 1 heterocycles. The first kappa shape index (κ1) is 12.5. The van der Waals surface area contributed by atoms with E-state index < -0.39 is 0 Å². The number of hydrogen-bond donors (Lipinski definition) is 1. The Balaban J connectivity index is 2.19. The molecule has 0 saturated heterocycles. The molecule has 0 amide bonds. The van der Waals surface area contributed by atoms with Gasteiger partial charge in [0.05, 0.1) is 23.5 Å². The molecule has 1 aromatic rings. The number of nitrogens with one attached hydrogen (secondary N) is 1. The summed E-state index contributed by atoms with van der Waals surface area (Å²) in [4.78, 5) is 8.58. The maximum atomic E-state index is 5.76. The summed E-state index contributed by atoms with van der Waals surface area (Å²) >= 11 is 0. The first-order valence-electron chi connectivity index (χ1n) is 6.37. The fraction of sp³-hybridized carbons (Fsp3) is 0.692. The summed E-state index contributed by atoms with van der Waals surface area (Å²) in [5.41, 5.74) is 0.910. The van der Waals surface area contributed by atoms with Crippen molar-refractivity contribution < 1.29 is 4.74 Å². The smallest absolute Gasteiger partial charge is 0.0888 e. The number of rotatable bonds is 6. The first-order valence-corrected chi connectivity index (χ1v) is 6.37. The number of ether oxygens (including phenoxy) is 1. The molecular weight excluding hydrogens is 214 g/mol. The minimum absolute atomic E-state index is 0.0782. The largest absolute Gasteiger partial charge is 0.376 e. The lowest BCUT2D eigenvalue weighted by Crippen LogP contribution is -2.51. The van der Waals surface area contributed by atoms with E-state index >= 15 is 0 Å². The lowest BCUT2D eigenvalue weighted by Gasteiger charge is -2.46. The molecule has 0 aromatic carbocycles. The van der Waals surface area contributed by atoms with Gasteiger partial charge in [-0.1, -0.05) is 6.92 Å². The predicted molar refractivity (Wildman–Crippen MR) is 66.7 cm³/mol. The maximum Gasteiger partial charge on any atom is 0.0888 e. The second-order valence-corrected chi connectivity index (χ2v) is 4.64. The predicted octanol–water partition coefficient (Wildman–Crippen LogP) is 2.09. The molecule has 0 bridgehead atoms. The van der Waals surface area contributed by atoms with Crippen molar-refractivity contribution in [3.63, 3.8) is 0 Å². The monoisotopic (exact) mass is 235 g/mol. The molecule has 4 nitrogen and oxygen atoms in total. The highest BCUT2D eigenvalue weighted by Crippen LogP contribution is 2.44. The number of hydrogen-bond acceptors (Lipinski definition) is 4. The Morgan fingerprint density at radius 2 is 2.29 bits per heavy atom. The molecule has 1 saturated carbocycles. The van der Waals surface area contributed by atoms with Gasteiger partial charge in [0, 0.05) is 19.5 Å². The Morgan fingerprint density at radius 3 is 2.76 bits per heavy atom. The molecule has 0 spiro atoms. The quantitative estimate of drug-likeness (QED) is 0.820. The van der Waals surface area contributed by atoms with Crippen molar-refractivity contribution in [2.45, 2.75) is 44.2 Å². The van der Waals surface area contributed by atoms with E-state index in [0.29, 0.717) is 0 Å². The standard InChI is InChI=1S/C13H21N3O/c1-3-7-16-12(11-10-14-8-9-15-11)13(17-2)5-4-6-13/h8-10,12,16H,3-7H2,1-2H3. The van der Waals surface area contributed by atoms with Crippen LogP contribution in [0.15, 0.2) is 18.6 Å². The van der Waals surface area contributed by atoms with E-state index in [2.05, 4.69) is 22.2 Å². The van der Waals surface area contributed by atoms with Crippen LogP contribution in [-0.4, -0.2) is 29.2 Å². The molecule has 1 fully saturated rings. The Kier molecular flexibility index (Phi) is 4.07. The first-order chi connectivity index (χ1) is 8.32. The van der Waals surface area contributed by atoms with E-state index in [9.17, 15) is 0 Å². The van der Waals surface area contributed by atoms with Gasteiger partial charge in [-0.05, 0) is 32.2 Å². The highest BCUT2D eigenvalue weighted by Gasteiger charge is 2.45. The summed E-state index contributed by atoms with van der Waals surface area (Å²) in [6.07, 6.45) is 9.84. The van der Waals surface area contributed by atoms with Gasteiger partial charge in [0.2, 0.25) is 0 Å². The van der Waals surface area contributed by atoms with E-state index in [1.54, 1.807) is 19.5 Å². The van der Waals surface area contributed by atoms with Gasteiger partial charge in [-0.15, -0.1) is 0 Å². The van der Waals surface area contributed by atoms with Crippen molar-refractivity contribution in [2.24, 2.45) is 0 Å². The van der Waals surface area contributed by atoms with Crippen molar-refractivity contribution >= 4 is 0 Å². The van der Waals surface area contributed by atoms with E-state index in [4.69, 9.17) is 4.74 Å². The topological polar surface area (TPSA) is 47.0 Å². The molecule has 0 radical (unpaired) electrons. The van der Waals surface area contributed by atoms with E-state index in [1.165, 1.54) is 6.42 Å². The molecule has 17 heavy (non-hydrogen) atoms. The van der Waals surface area contributed by atoms with Crippen molar-refractivity contribution in [2.75, 3.05) is 13.7 Å². The normalized spacial score (nSPS) is 19.6. The molecule has 0 aliphatic heterocycles. The van der Waals surface area contributed by atoms with Crippen LogP contribution in [0.4, 0.5) is 0 Å². The van der Waals surface area contributed by atoms with Crippen molar-refractivity contribution in [1.29, 1.82) is 0 Å². The van der Waals surface area contributed by atoms with Crippen molar-refractivity contribution in [3.05, 3.63) is 24.3 Å². The van der Waals surface area contributed by atoms with Gasteiger partial charge in [-0.2, -0.15) is 0 Å². The summed E-state index contributed by atoms with van der Waals surface area (Å²) in [6.45, 7) is 3.15. The zero-order valence-corrected chi connectivity index (χ0v) is 10.6. The lowest BCUT2D eigenvalue weighted by molar-refractivity contribution is -0.101. The molecular formula is C13H21N3O. The van der Waals surface area contributed by atoms with Gasteiger partial charge in [0.25, 0.3) is 0 Å². The van der Waals surface area contributed by atoms with E-state index in [-0.39, 0.29) is 11.6 Å². The molecule has 94 valence electrons. The summed E-state index contributed by atoms with van der Waals surface area (Å²) < 4.78 is 5.76. The van der Waals surface area contributed by atoms with Crippen LogP contribution in [-0.2, 0) is 4.74 Å². The minimum Gasteiger partial charge on any atom is -0.376 e. The minimum atomic E-state index is -0.0782. The van der Waals surface area contributed by atoms with Crippen LogP contribution in [0.3, 0.4) is 0 Å². The van der Waals surface area contributed by atoms with Gasteiger partial charge in [0.15, 0.2) is 0 Å². The van der Waals surface area contributed by atoms with Crippen LogP contribution in [0, 0.1) is 0 Å². The third kappa shape index (κ3) is 2.48. The summed E-state index contributed by atoms with van der Waals surface area (Å²) in [7, 11) is 1.80. The van der Waals surface area contributed by atoms with E-state index in [0.717, 1.165) is 31.5 Å². The second kappa shape index (κ2) is 5.56. The Hall–Kier alpha value is -1.00. The Morgan fingerprint density at radius 1 is 1.47 bits per heavy atom. The average molecular weight is 235 g/mol. The van der Waals surface area contributed by atoms with Crippen LogP contribution in [0.25, 0.3) is 0 Å². The van der Waals surface area contributed by atoms with Crippen molar-refractivity contribution in [1.82, 2.24) is 15.3 Å². The van der Waals surface area contributed by atoms with Crippen LogP contribution in [0.2, 0.25) is 0 Å². The average Bonchev–Trinajstić information content (AvgIpc) is 2.33. The summed E-state index contributed by atoms with van der Waals surface area (Å²) in [5.74, 6) is 0. The third-order valence-corrected chi connectivity index (χ3v) is 3.61. The molecule has 1 unspecified atom stereocenters. The van der Waals surface area contributed by atoms with Crippen LogP contribution in [0.1, 0.15) is 44.3 Å². The van der Waals surface area contributed by atoms with Crippen LogP contribution in [0.5, 0.6) is 0 Å². The highest BCUT2D eigenvalue weighted by atomic mass is 16.5. The van der Waals surface area contributed by atoms with E-state index in [1.807, 2.05) is 6.20 Å². The Bertz CT molecular complexity index is 332. The lowest BCUT2D eigenvalue weighted by atomic mass is 9.73. The molecule has 4 heteroatoms. The molecule has 1 aliphatic carbocycles. The number of aromatic nitrogens is 2. The molecule has 2 rings (SSSR count). The zero-order chi connectivity index (χ0) is 12.1. The molecule has 1 aromatic heterocycles. The molecule has 1 N–H and O–H groups in total. The van der Waals surface area contributed by atoms with Gasteiger partial charge in [-0.3, -0.25) is 9.97 Å². The van der Waals surface area contributed by atoms with Crippen LogP contribution < -0.4 is 5.32 Å². The fourth-order valence-electron chi connectivity index (χ4n) is 2.44. The summed E-state index contributed by atoms with van der Waals surface area (Å²) in [6, 6.07) is 0.162. The number of methoxy groups -OCH3 is 1. The summed E-state index contributed by atoms with van der Waals surface area (Å²) in [5, 5.41) is 3.55.